The molecule has 0 fully saturated rings. The van der Waals surface area contributed by atoms with Gasteiger partial charge in [-0.25, -0.2) is 0 Å². The van der Waals surface area contributed by atoms with Crippen molar-refractivity contribution in [3.05, 3.63) is 84.4 Å². The Hall–Kier alpha value is -2.33. The molecule has 4 rings (SSSR count). The third-order valence-electron chi connectivity index (χ3n) is 4.15. The number of carbonyl (C=O) groups excluding carboxylic acids is 1. The van der Waals surface area contributed by atoms with Crippen molar-refractivity contribution >= 4 is 62.7 Å². The van der Waals surface area contributed by atoms with Crippen LogP contribution in [-0.2, 0) is 0 Å². The summed E-state index contributed by atoms with van der Waals surface area (Å²) in [5, 5.41) is 17.0. The average molecular weight is 336 g/mol. The molecule has 0 unspecified atom stereocenters. The number of phenolic OH excluding ortho intramolecular Hbond substituents is 1. The quantitative estimate of drug-likeness (QED) is 0.527. The normalized spacial score (nSPS) is 10.4. The first kappa shape index (κ1) is 17.5. The van der Waals surface area contributed by atoms with Crippen LogP contribution in [0.3, 0.4) is 0 Å². The van der Waals surface area contributed by atoms with Crippen molar-refractivity contribution in [1.82, 2.24) is 0 Å². The number of hydrogen-bond acceptors (Lipinski definition) is 2. The predicted molar refractivity (Wildman–Crippen MR) is 103 cm³/mol. The fourth-order valence-corrected chi connectivity index (χ4v) is 2.93. The molecule has 3 nitrogen and oxygen atoms in total. The van der Waals surface area contributed by atoms with Crippen molar-refractivity contribution in [1.29, 1.82) is 0 Å². The van der Waals surface area contributed by atoms with Crippen LogP contribution in [0.15, 0.2) is 78.9 Å². The molecule has 0 heterocycles. The summed E-state index contributed by atoms with van der Waals surface area (Å²) in [5.41, 5.74) is 0.993. The molecule has 25 heavy (non-hydrogen) atoms. The van der Waals surface area contributed by atoms with Gasteiger partial charge in [-0.3, -0.25) is 4.79 Å². The van der Waals surface area contributed by atoms with Crippen molar-refractivity contribution in [2.24, 2.45) is 0 Å². The molecule has 117 valence electrons. The third kappa shape index (κ3) is 3.40. The predicted octanol–water partition coefficient (Wildman–Crippen LogP) is 4.57. The number of nitrogens with one attached hydrogen (secondary N) is 1. The van der Waals surface area contributed by atoms with Gasteiger partial charge in [0.1, 0.15) is 5.75 Å². The van der Waals surface area contributed by atoms with Crippen LogP contribution in [0.1, 0.15) is 10.4 Å². The molecule has 0 aliphatic rings. The Balaban J connectivity index is 0.00000182. The van der Waals surface area contributed by atoms with E-state index in [0.717, 1.165) is 27.2 Å². The Kier molecular flexibility index (Phi) is 5.09. The molecule has 4 heteroatoms. The van der Waals surface area contributed by atoms with Gasteiger partial charge in [0.15, 0.2) is 0 Å². The van der Waals surface area contributed by atoms with Crippen molar-refractivity contribution in [3.63, 3.8) is 0 Å². The minimum absolute atomic E-state index is 0. The van der Waals surface area contributed by atoms with Gasteiger partial charge in [0.2, 0.25) is 0 Å². The molecule has 2 N–H and O–H groups in total. The van der Waals surface area contributed by atoms with E-state index in [4.69, 9.17) is 0 Å². The number of rotatable bonds is 2. The van der Waals surface area contributed by atoms with Crippen LogP contribution in [0.25, 0.3) is 21.5 Å². The first-order valence-electron chi connectivity index (χ1n) is 7.73. The second kappa shape index (κ2) is 7.28. The van der Waals surface area contributed by atoms with Crippen molar-refractivity contribution in [2.45, 2.75) is 0 Å². The largest absolute Gasteiger partial charge is 0.507 e. The first-order valence-corrected chi connectivity index (χ1v) is 7.73. The SMILES string of the molecule is O=C(Nc1cccc2ccccc12)c1cc2ccccc2cc1O.[Na]. The van der Waals surface area contributed by atoms with E-state index < -0.39 is 0 Å². The molecule has 0 atom stereocenters. The molecule has 0 spiro atoms. The number of phenols is 1. The third-order valence-corrected chi connectivity index (χ3v) is 4.15. The minimum atomic E-state index is -0.324. The van der Waals surface area contributed by atoms with Gasteiger partial charge >= 0.3 is 0 Å². The summed E-state index contributed by atoms with van der Waals surface area (Å²) in [6, 6.07) is 24.6. The van der Waals surface area contributed by atoms with Gasteiger partial charge < -0.3 is 10.4 Å². The standard InChI is InChI=1S/C21H15NO2.Na/c23-20-13-16-8-2-1-7-15(16)12-18(20)21(24)22-19-11-5-9-14-6-3-4-10-17(14)19;/h1-13,23H,(H,22,24);. The zero-order chi connectivity index (χ0) is 16.5. The Morgan fingerprint density at radius 3 is 2.12 bits per heavy atom. The van der Waals surface area contributed by atoms with E-state index in [9.17, 15) is 9.90 Å². The number of anilines is 1. The van der Waals surface area contributed by atoms with Crippen LogP contribution in [0.4, 0.5) is 5.69 Å². The summed E-state index contributed by atoms with van der Waals surface area (Å²) in [7, 11) is 0. The Labute approximate surface area is 167 Å². The van der Waals surface area contributed by atoms with Gasteiger partial charge in [0.25, 0.3) is 5.91 Å². The van der Waals surface area contributed by atoms with Crippen LogP contribution < -0.4 is 5.32 Å². The molecule has 0 saturated heterocycles. The van der Waals surface area contributed by atoms with Crippen molar-refractivity contribution in [2.75, 3.05) is 5.32 Å². The zero-order valence-corrected chi connectivity index (χ0v) is 15.9. The van der Waals surface area contributed by atoms with E-state index in [1.165, 1.54) is 0 Å². The van der Waals surface area contributed by atoms with Crippen LogP contribution in [-0.4, -0.2) is 40.6 Å². The van der Waals surface area contributed by atoms with Crippen LogP contribution in [0, 0.1) is 0 Å². The summed E-state index contributed by atoms with van der Waals surface area (Å²) in [6.07, 6.45) is 0. The Morgan fingerprint density at radius 1 is 0.760 bits per heavy atom. The molecule has 0 bridgehead atoms. The molecule has 4 aromatic carbocycles. The number of fused-ring (bicyclic) bond motifs is 2. The van der Waals surface area contributed by atoms with Crippen LogP contribution in [0.2, 0.25) is 0 Å². The summed E-state index contributed by atoms with van der Waals surface area (Å²) in [6.45, 7) is 0. The smallest absolute Gasteiger partial charge is 0.259 e. The summed E-state index contributed by atoms with van der Waals surface area (Å²) < 4.78 is 0. The maximum Gasteiger partial charge on any atom is 0.259 e. The number of hydrogen-bond donors (Lipinski definition) is 2. The van der Waals surface area contributed by atoms with Crippen LogP contribution >= 0.6 is 0 Å². The number of amides is 1. The van der Waals surface area contributed by atoms with Crippen molar-refractivity contribution in [3.8, 4) is 5.75 Å². The minimum Gasteiger partial charge on any atom is -0.507 e. The molecule has 0 aliphatic heterocycles. The fraction of sp³-hybridized carbons (Fsp3) is 0. The molecular formula is C21H15NNaO2. The Morgan fingerprint density at radius 2 is 1.36 bits per heavy atom. The molecule has 1 amide bonds. The molecule has 0 aromatic heterocycles. The molecule has 0 aliphatic carbocycles. The molecule has 4 aromatic rings. The summed E-state index contributed by atoms with van der Waals surface area (Å²) in [4.78, 5) is 12.7. The summed E-state index contributed by atoms with van der Waals surface area (Å²) >= 11 is 0. The Bertz CT molecular complexity index is 1070. The first-order chi connectivity index (χ1) is 11.7. The number of carbonyl (C=O) groups is 1. The summed E-state index contributed by atoms with van der Waals surface area (Å²) in [5.74, 6) is -0.346. The molecule has 0 saturated carbocycles. The topological polar surface area (TPSA) is 49.3 Å². The van der Waals surface area contributed by atoms with E-state index >= 15 is 0 Å². The maximum atomic E-state index is 12.7. The molecular weight excluding hydrogens is 321 g/mol. The van der Waals surface area contributed by atoms with Crippen molar-refractivity contribution < 1.29 is 9.90 Å². The van der Waals surface area contributed by atoms with E-state index in [-0.39, 0.29) is 46.8 Å². The van der Waals surface area contributed by atoms with E-state index in [1.807, 2.05) is 66.7 Å². The van der Waals surface area contributed by atoms with Gasteiger partial charge in [-0.05, 0) is 34.4 Å². The van der Waals surface area contributed by atoms with E-state index in [0.29, 0.717) is 0 Å². The maximum absolute atomic E-state index is 12.7. The van der Waals surface area contributed by atoms with Gasteiger partial charge in [0.05, 0.1) is 5.56 Å². The van der Waals surface area contributed by atoms with Crippen LogP contribution in [0.5, 0.6) is 5.75 Å². The number of aromatic hydroxyl groups is 1. The second-order valence-electron chi connectivity index (χ2n) is 5.70. The van der Waals surface area contributed by atoms with Gasteiger partial charge in [-0.15, -0.1) is 0 Å². The number of benzene rings is 4. The van der Waals surface area contributed by atoms with E-state index in [1.54, 1.807) is 12.1 Å². The van der Waals surface area contributed by atoms with Gasteiger partial charge in [0, 0.05) is 40.6 Å². The monoisotopic (exact) mass is 336 g/mol. The molecule has 1 radical (unpaired) electrons. The van der Waals surface area contributed by atoms with E-state index in [2.05, 4.69) is 5.32 Å². The van der Waals surface area contributed by atoms with Gasteiger partial charge in [-0.2, -0.15) is 0 Å². The van der Waals surface area contributed by atoms with Gasteiger partial charge in [-0.1, -0.05) is 60.7 Å². The fourth-order valence-electron chi connectivity index (χ4n) is 2.93. The second-order valence-corrected chi connectivity index (χ2v) is 5.70. The average Bonchev–Trinajstić information content (AvgIpc) is 2.61. The zero-order valence-electron chi connectivity index (χ0n) is 13.9.